The average molecular weight is 261 g/mol. The average Bonchev–Trinajstić information content (AvgIpc) is 2.38. The maximum atomic E-state index is 10.7. The van der Waals surface area contributed by atoms with Crippen molar-refractivity contribution in [1.82, 2.24) is 0 Å². The van der Waals surface area contributed by atoms with E-state index >= 15 is 0 Å². The molecule has 0 aromatic heterocycles. The second kappa shape index (κ2) is 6.22. The van der Waals surface area contributed by atoms with Gasteiger partial charge in [0.25, 0.3) is 0 Å². The van der Waals surface area contributed by atoms with Gasteiger partial charge in [0, 0.05) is 6.42 Å². The van der Waals surface area contributed by atoms with Crippen LogP contribution in [0, 0.1) is 0 Å². The number of aryl methyl sites for hydroxylation is 1. The lowest BCUT2D eigenvalue weighted by atomic mass is 10.1. The van der Waals surface area contributed by atoms with Gasteiger partial charge in [-0.2, -0.15) is 0 Å². The summed E-state index contributed by atoms with van der Waals surface area (Å²) in [4.78, 5) is 10.7. The quantitative estimate of drug-likeness (QED) is 0.754. The summed E-state index contributed by atoms with van der Waals surface area (Å²) in [6.45, 7) is 0. The van der Waals surface area contributed by atoms with Crippen molar-refractivity contribution < 1.29 is 9.53 Å². The predicted octanol–water partition coefficient (Wildman–Crippen LogP) is 4.18. The van der Waals surface area contributed by atoms with Gasteiger partial charge in [0.1, 0.15) is 11.5 Å². The molecule has 3 heteroatoms. The molecule has 0 aliphatic heterocycles. The van der Waals surface area contributed by atoms with Gasteiger partial charge in [0.15, 0.2) is 0 Å². The van der Waals surface area contributed by atoms with Crippen LogP contribution in [0.1, 0.15) is 12.0 Å². The van der Waals surface area contributed by atoms with Crippen LogP contribution in [0.15, 0.2) is 54.6 Å². The van der Waals surface area contributed by atoms with Crippen LogP contribution in [0.4, 0.5) is 0 Å². The van der Waals surface area contributed by atoms with E-state index in [4.69, 9.17) is 16.3 Å². The van der Waals surface area contributed by atoms with E-state index in [2.05, 4.69) is 0 Å². The molecule has 0 bridgehead atoms. The number of halogens is 1. The Morgan fingerprint density at radius 1 is 1.00 bits per heavy atom. The molecule has 0 aliphatic rings. The topological polar surface area (TPSA) is 26.3 Å². The van der Waals surface area contributed by atoms with Crippen LogP contribution in [0.25, 0.3) is 0 Å². The Morgan fingerprint density at radius 3 is 2.44 bits per heavy atom. The second-order valence-electron chi connectivity index (χ2n) is 3.92. The SMILES string of the molecule is O=C(Cl)CCc1cccc(Oc2ccccc2)c1. The highest BCUT2D eigenvalue weighted by Gasteiger charge is 2.01. The van der Waals surface area contributed by atoms with Crippen molar-refractivity contribution in [3.8, 4) is 11.5 Å². The van der Waals surface area contributed by atoms with Gasteiger partial charge < -0.3 is 4.74 Å². The van der Waals surface area contributed by atoms with Crippen molar-refractivity contribution in [2.75, 3.05) is 0 Å². The first-order chi connectivity index (χ1) is 8.74. The third kappa shape index (κ3) is 3.90. The standard InChI is InChI=1S/C15H13ClO2/c16-15(17)10-9-12-5-4-8-14(11-12)18-13-6-2-1-3-7-13/h1-8,11H,9-10H2. The summed E-state index contributed by atoms with van der Waals surface area (Å²) in [6.07, 6.45) is 0.977. The molecule has 2 aromatic rings. The normalized spacial score (nSPS) is 10.1. The molecular formula is C15H13ClO2. The number of carbonyl (C=O) groups excluding carboxylic acids is 1. The molecule has 0 radical (unpaired) electrons. The number of benzene rings is 2. The zero-order chi connectivity index (χ0) is 12.8. The molecular weight excluding hydrogens is 248 g/mol. The van der Waals surface area contributed by atoms with Crippen LogP contribution in [0.3, 0.4) is 0 Å². The molecule has 0 saturated heterocycles. The number of hydrogen-bond donors (Lipinski definition) is 0. The van der Waals surface area contributed by atoms with Crippen LogP contribution in [0.2, 0.25) is 0 Å². The van der Waals surface area contributed by atoms with E-state index in [1.54, 1.807) is 0 Å². The molecule has 0 atom stereocenters. The number of para-hydroxylation sites is 1. The maximum absolute atomic E-state index is 10.7. The second-order valence-corrected chi connectivity index (χ2v) is 4.34. The predicted molar refractivity (Wildman–Crippen MR) is 72.1 cm³/mol. The summed E-state index contributed by atoms with van der Waals surface area (Å²) >= 11 is 5.33. The Kier molecular flexibility index (Phi) is 4.37. The third-order valence-electron chi connectivity index (χ3n) is 2.49. The molecule has 0 spiro atoms. The molecule has 92 valence electrons. The van der Waals surface area contributed by atoms with Crippen LogP contribution in [-0.2, 0) is 11.2 Å². The van der Waals surface area contributed by atoms with E-state index in [0.717, 1.165) is 17.1 Å². The van der Waals surface area contributed by atoms with Crippen LogP contribution < -0.4 is 4.74 Å². The molecule has 0 fully saturated rings. The van der Waals surface area contributed by atoms with E-state index < -0.39 is 0 Å². The van der Waals surface area contributed by atoms with Gasteiger partial charge in [0.2, 0.25) is 5.24 Å². The van der Waals surface area contributed by atoms with Crippen molar-refractivity contribution in [1.29, 1.82) is 0 Å². The van der Waals surface area contributed by atoms with Gasteiger partial charge in [-0.25, -0.2) is 0 Å². The first-order valence-electron chi connectivity index (χ1n) is 5.74. The van der Waals surface area contributed by atoms with E-state index in [-0.39, 0.29) is 5.24 Å². The van der Waals surface area contributed by atoms with Crippen molar-refractivity contribution in [3.63, 3.8) is 0 Å². The fourth-order valence-corrected chi connectivity index (χ4v) is 1.73. The molecule has 0 amide bonds. The Balaban J connectivity index is 2.05. The summed E-state index contributed by atoms with van der Waals surface area (Å²) in [7, 11) is 0. The lowest BCUT2D eigenvalue weighted by Gasteiger charge is -2.07. The minimum absolute atomic E-state index is 0.315. The molecule has 0 N–H and O–H groups in total. The molecule has 0 saturated carbocycles. The monoisotopic (exact) mass is 260 g/mol. The maximum Gasteiger partial charge on any atom is 0.221 e. The molecule has 2 nitrogen and oxygen atoms in total. The van der Waals surface area contributed by atoms with E-state index in [9.17, 15) is 4.79 Å². The van der Waals surface area contributed by atoms with Gasteiger partial charge in [-0.1, -0.05) is 30.3 Å². The van der Waals surface area contributed by atoms with E-state index in [1.807, 2.05) is 54.6 Å². The minimum atomic E-state index is -0.315. The zero-order valence-corrected chi connectivity index (χ0v) is 10.6. The lowest BCUT2D eigenvalue weighted by molar-refractivity contribution is -0.111. The Bertz CT molecular complexity index is 523. The summed E-state index contributed by atoms with van der Waals surface area (Å²) < 4.78 is 5.71. The number of ether oxygens (including phenoxy) is 1. The Morgan fingerprint density at radius 2 is 1.72 bits per heavy atom. The van der Waals surface area contributed by atoms with Gasteiger partial charge >= 0.3 is 0 Å². The summed E-state index contributed by atoms with van der Waals surface area (Å²) in [6, 6.07) is 17.3. The molecule has 2 aromatic carbocycles. The molecule has 2 rings (SSSR count). The van der Waals surface area contributed by atoms with E-state index in [1.165, 1.54) is 0 Å². The summed E-state index contributed by atoms with van der Waals surface area (Å²) in [5, 5.41) is -0.315. The van der Waals surface area contributed by atoms with Crippen molar-refractivity contribution in [3.05, 3.63) is 60.2 Å². The highest BCUT2D eigenvalue weighted by atomic mass is 35.5. The van der Waals surface area contributed by atoms with Gasteiger partial charge in [-0.05, 0) is 47.9 Å². The summed E-state index contributed by atoms with van der Waals surface area (Å²) in [5.41, 5.74) is 1.04. The molecule has 0 heterocycles. The Labute approximate surface area is 111 Å². The highest BCUT2D eigenvalue weighted by Crippen LogP contribution is 2.22. The number of rotatable bonds is 5. The van der Waals surface area contributed by atoms with Crippen molar-refractivity contribution >= 4 is 16.8 Å². The molecule has 18 heavy (non-hydrogen) atoms. The largest absolute Gasteiger partial charge is 0.457 e. The first-order valence-corrected chi connectivity index (χ1v) is 6.12. The van der Waals surface area contributed by atoms with Crippen LogP contribution >= 0.6 is 11.6 Å². The Hall–Kier alpha value is -1.80. The minimum Gasteiger partial charge on any atom is -0.457 e. The van der Waals surface area contributed by atoms with Gasteiger partial charge in [0.05, 0.1) is 0 Å². The van der Waals surface area contributed by atoms with E-state index in [0.29, 0.717) is 12.8 Å². The summed E-state index contributed by atoms with van der Waals surface area (Å²) in [5.74, 6) is 1.56. The third-order valence-corrected chi connectivity index (χ3v) is 2.68. The number of carbonyl (C=O) groups is 1. The number of hydrogen-bond acceptors (Lipinski definition) is 2. The fraction of sp³-hybridized carbons (Fsp3) is 0.133. The smallest absolute Gasteiger partial charge is 0.221 e. The van der Waals surface area contributed by atoms with Crippen molar-refractivity contribution in [2.45, 2.75) is 12.8 Å². The zero-order valence-electron chi connectivity index (χ0n) is 9.80. The molecule has 0 unspecified atom stereocenters. The van der Waals surface area contributed by atoms with Gasteiger partial charge in [-0.3, -0.25) is 4.79 Å². The highest BCUT2D eigenvalue weighted by molar-refractivity contribution is 6.63. The van der Waals surface area contributed by atoms with Crippen LogP contribution in [-0.4, -0.2) is 5.24 Å². The molecule has 0 aliphatic carbocycles. The lowest BCUT2D eigenvalue weighted by Crippen LogP contribution is -1.92. The fourth-order valence-electron chi connectivity index (χ4n) is 1.63. The van der Waals surface area contributed by atoms with Crippen LogP contribution in [0.5, 0.6) is 11.5 Å². The first kappa shape index (κ1) is 12.7. The van der Waals surface area contributed by atoms with Crippen molar-refractivity contribution in [2.24, 2.45) is 0 Å². The van der Waals surface area contributed by atoms with Gasteiger partial charge in [-0.15, -0.1) is 0 Å².